The molecule has 0 amide bonds. The normalized spacial score (nSPS) is 12.4. The molecule has 4 nitrogen and oxygen atoms in total. The number of nitrogens with zero attached hydrogens (tertiary/aromatic N) is 2. The van der Waals surface area contributed by atoms with E-state index in [9.17, 15) is 5.11 Å². The molecule has 0 spiro atoms. The molecule has 0 saturated carbocycles. The van der Waals surface area contributed by atoms with E-state index in [0.29, 0.717) is 18.1 Å². The highest BCUT2D eigenvalue weighted by Gasteiger charge is 2.06. The molecule has 1 unspecified atom stereocenters. The predicted molar refractivity (Wildman–Crippen MR) is 68.2 cm³/mol. The Balaban J connectivity index is 1.84. The first-order valence-electron chi connectivity index (χ1n) is 5.39. The smallest absolute Gasteiger partial charge is 0.0907 e. The van der Waals surface area contributed by atoms with Gasteiger partial charge < -0.3 is 10.4 Å². The van der Waals surface area contributed by atoms with Crippen LogP contribution in [0.5, 0.6) is 0 Å². The molecule has 5 heteroatoms. The molecular weight excluding hydrogens is 238 g/mol. The summed E-state index contributed by atoms with van der Waals surface area (Å²) in [5.74, 6) is 0. The molecule has 2 rings (SSSR count). The van der Waals surface area contributed by atoms with Crippen molar-refractivity contribution in [2.45, 2.75) is 12.6 Å². The number of aromatic nitrogens is 2. The fourth-order valence-electron chi connectivity index (χ4n) is 1.52. The van der Waals surface area contributed by atoms with E-state index in [-0.39, 0.29) is 0 Å². The van der Waals surface area contributed by atoms with Crippen molar-refractivity contribution in [3.05, 3.63) is 47.7 Å². The van der Waals surface area contributed by atoms with E-state index in [1.165, 1.54) is 0 Å². The second-order valence-electron chi connectivity index (χ2n) is 3.74. The van der Waals surface area contributed by atoms with Gasteiger partial charge in [-0.3, -0.25) is 4.68 Å². The number of nitrogens with one attached hydrogen (secondary N) is 1. The van der Waals surface area contributed by atoms with Gasteiger partial charge in [0.2, 0.25) is 0 Å². The summed E-state index contributed by atoms with van der Waals surface area (Å²) in [6.45, 7) is 0.897. The summed E-state index contributed by atoms with van der Waals surface area (Å²) in [6.07, 6.45) is 3.00. The number of hydrogen-bond acceptors (Lipinski definition) is 3. The van der Waals surface area contributed by atoms with Crippen LogP contribution in [0.1, 0.15) is 0 Å². The van der Waals surface area contributed by atoms with Crippen LogP contribution in [-0.4, -0.2) is 27.5 Å². The Kier molecular flexibility index (Phi) is 4.01. The lowest BCUT2D eigenvalue weighted by Crippen LogP contribution is -2.25. The highest BCUT2D eigenvalue weighted by molar-refractivity contribution is 6.33. The Morgan fingerprint density at radius 1 is 1.35 bits per heavy atom. The minimum atomic E-state index is -0.508. The van der Waals surface area contributed by atoms with Gasteiger partial charge in [-0.05, 0) is 18.2 Å². The number of rotatable bonds is 5. The van der Waals surface area contributed by atoms with E-state index in [4.69, 9.17) is 11.6 Å². The number of halogens is 1. The molecule has 0 aliphatic carbocycles. The molecule has 90 valence electrons. The van der Waals surface area contributed by atoms with Crippen LogP contribution in [0.25, 0.3) is 0 Å². The fraction of sp³-hybridized carbons (Fsp3) is 0.250. The van der Waals surface area contributed by atoms with Gasteiger partial charge in [-0.1, -0.05) is 23.7 Å². The summed E-state index contributed by atoms with van der Waals surface area (Å²) in [5.41, 5.74) is 0.827. The van der Waals surface area contributed by atoms with Gasteiger partial charge in [0.25, 0.3) is 0 Å². The van der Waals surface area contributed by atoms with E-state index in [2.05, 4.69) is 10.4 Å². The summed E-state index contributed by atoms with van der Waals surface area (Å²) >= 11 is 5.99. The third-order valence-electron chi connectivity index (χ3n) is 2.36. The lowest BCUT2D eigenvalue weighted by atomic mass is 10.3. The van der Waals surface area contributed by atoms with Gasteiger partial charge in [-0.2, -0.15) is 5.10 Å². The van der Waals surface area contributed by atoms with Gasteiger partial charge >= 0.3 is 0 Å². The Bertz CT molecular complexity index is 459. The maximum Gasteiger partial charge on any atom is 0.0907 e. The highest BCUT2D eigenvalue weighted by atomic mass is 35.5. The Labute approximate surface area is 105 Å². The van der Waals surface area contributed by atoms with Crippen molar-refractivity contribution in [2.24, 2.45) is 0 Å². The first-order valence-corrected chi connectivity index (χ1v) is 5.77. The summed E-state index contributed by atoms with van der Waals surface area (Å²) in [6, 6.07) is 9.28. The van der Waals surface area contributed by atoms with E-state index in [1.54, 1.807) is 10.9 Å². The van der Waals surface area contributed by atoms with E-state index >= 15 is 0 Å². The van der Waals surface area contributed by atoms with E-state index < -0.39 is 6.10 Å². The fourth-order valence-corrected chi connectivity index (χ4v) is 1.72. The summed E-state index contributed by atoms with van der Waals surface area (Å²) in [7, 11) is 0. The molecule has 0 fully saturated rings. The third kappa shape index (κ3) is 3.47. The van der Waals surface area contributed by atoms with Crippen LogP contribution in [0.15, 0.2) is 42.7 Å². The largest absolute Gasteiger partial charge is 0.389 e. The first kappa shape index (κ1) is 12.0. The standard InChI is InChI=1S/C12H14ClN3O/c13-11-4-1-2-5-12(11)14-8-10(17)9-16-7-3-6-15-16/h1-7,10,14,17H,8-9H2. The maximum absolute atomic E-state index is 9.81. The maximum atomic E-state index is 9.81. The SMILES string of the molecule is OC(CNc1ccccc1Cl)Cn1cccn1. The molecule has 2 N–H and O–H groups in total. The molecule has 1 aromatic carbocycles. The number of benzene rings is 1. The molecular formula is C12H14ClN3O. The van der Waals surface area contributed by atoms with Crippen LogP contribution < -0.4 is 5.32 Å². The Morgan fingerprint density at radius 3 is 2.88 bits per heavy atom. The van der Waals surface area contributed by atoms with Crippen molar-refractivity contribution >= 4 is 17.3 Å². The average molecular weight is 252 g/mol. The third-order valence-corrected chi connectivity index (χ3v) is 2.69. The van der Waals surface area contributed by atoms with Crippen LogP contribution in [0.2, 0.25) is 5.02 Å². The zero-order chi connectivity index (χ0) is 12.1. The predicted octanol–water partition coefficient (Wildman–Crippen LogP) is 2.01. The molecule has 1 aromatic heterocycles. The van der Waals surface area contributed by atoms with Crippen LogP contribution in [0, 0.1) is 0 Å². The van der Waals surface area contributed by atoms with Crippen molar-refractivity contribution in [3.63, 3.8) is 0 Å². The molecule has 2 aromatic rings. The van der Waals surface area contributed by atoms with Crippen molar-refractivity contribution in [3.8, 4) is 0 Å². The quantitative estimate of drug-likeness (QED) is 0.855. The lowest BCUT2D eigenvalue weighted by Gasteiger charge is -2.13. The summed E-state index contributed by atoms with van der Waals surface area (Å²) in [5, 5.41) is 17.6. The van der Waals surface area contributed by atoms with Gasteiger partial charge in [-0.15, -0.1) is 0 Å². The Hall–Kier alpha value is -1.52. The molecule has 0 bridgehead atoms. The highest BCUT2D eigenvalue weighted by Crippen LogP contribution is 2.20. The minimum absolute atomic E-state index is 0.434. The van der Waals surface area contributed by atoms with E-state index in [0.717, 1.165) is 5.69 Å². The van der Waals surface area contributed by atoms with Gasteiger partial charge in [-0.25, -0.2) is 0 Å². The number of aliphatic hydroxyl groups is 1. The van der Waals surface area contributed by atoms with Crippen molar-refractivity contribution < 1.29 is 5.11 Å². The summed E-state index contributed by atoms with van der Waals surface area (Å²) < 4.78 is 1.69. The monoisotopic (exact) mass is 251 g/mol. The van der Waals surface area contributed by atoms with Crippen LogP contribution in [0.3, 0.4) is 0 Å². The molecule has 1 atom stereocenters. The molecule has 0 aliphatic heterocycles. The summed E-state index contributed by atoms with van der Waals surface area (Å²) in [4.78, 5) is 0. The van der Waals surface area contributed by atoms with Crippen molar-refractivity contribution in [2.75, 3.05) is 11.9 Å². The van der Waals surface area contributed by atoms with Crippen molar-refractivity contribution in [1.29, 1.82) is 0 Å². The molecule has 1 heterocycles. The van der Waals surface area contributed by atoms with Gasteiger partial charge in [0, 0.05) is 18.9 Å². The van der Waals surface area contributed by atoms with Crippen LogP contribution in [0.4, 0.5) is 5.69 Å². The van der Waals surface area contributed by atoms with Gasteiger partial charge in [0.15, 0.2) is 0 Å². The molecule has 17 heavy (non-hydrogen) atoms. The number of para-hydroxylation sites is 1. The first-order chi connectivity index (χ1) is 8.25. The topological polar surface area (TPSA) is 50.1 Å². The molecule has 0 radical (unpaired) electrons. The minimum Gasteiger partial charge on any atom is -0.389 e. The van der Waals surface area contributed by atoms with Crippen LogP contribution >= 0.6 is 11.6 Å². The number of hydrogen-bond donors (Lipinski definition) is 2. The number of aliphatic hydroxyl groups excluding tert-OH is 1. The van der Waals surface area contributed by atoms with Gasteiger partial charge in [0.05, 0.1) is 23.4 Å². The molecule has 0 aliphatic rings. The average Bonchev–Trinajstić information content (AvgIpc) is 2.81. The van der Waals surface area contributed by atoms with Crippen molar-refractivity contribution in [1.82, 2.24) is 9.78 Å². The van der Waals surface area contributed by atoms with Gasteiger partial charge in [0.1, 0.15) is 0 Å². The second kappa shape index (κ2) is 5.70. The lowest BCUT2D eigenvalue weighted by molar-refractivity contribution is 0.161. The zero-order valence-electron chi connectivity index (χ0n) is 9.25. The molecule has 0 saturated heterocycles. The number of anilines is 1. The van der Waals surface area contributed by atoms with E-state index in [1.807, 2.05) is 36.5 Å². The van der Waals surface area contributed by atoms with Crippen LogP contribution in [-0.2, 0) is 6.54 Å². The Morgan fingerprint density at radius 2 is 2.18 bits per heavy atom. The second-order valence-corrected chi connectivity index (χ2v) is 4.15. The zero-order valence-corrected chi connectivity index (χ0v) is 10.0.